The van der Waals surface area contributed by atoms with Crippen molar-refractivity contribution in [3.63, 3.8) is 0 Å². The Morgan fingerprint density at radius 2 is 1.90 bits per heavy atom. The molecule has 0 spiro atoms. The monoisotopic (exact) mass is 285 g/mol. The van der Waals surface area contributed by atoms with Gasteiger partial charge in [-0.15, -0.1) is 0 Å². The van der Waals surface area contributed by atoms with Crippen molar-refractivity contribution in [3.8, 4) is 0 Å². The van der Waals surface area contributed by atoms with Crippen molar-refractivity contribution in [2.45, 2.75) is 16.2 Å². The van der Waals surface area contributed by atoms with Gasteiger partial charge in [0.1, 0.15) is 0 Å². The van der Waals surface area contributed by atoms with E-state index in [0.717, 1.165) is 26.2 Å². The van der Waals surface area contributed by atoms with E-state index in [-0.39, 0.29) is 0 Å². The Morgan fingerprint density at radius 1 is 1.00 bits per heavy atom. The van der Waals surface area contributed by atoms with Crippen molar-refractivity contribution in [2.24, 2.45) is 0 Å². The Balaban J connectivity index is 1.75. The zero-order chi connectivity index (χ0) is 13.6. The molecule has 1 N–H and O–H groups in total. The SMILES string of the molecule is c1ccc(Sc2cncc(N3CCCNCC3)c2)cc1. The normalized spacial score (nSPS) is 15.9. The molecule has 0 saturated carbocycles. The number of nitrogens with one attached hydrogen (secondary N) is 1. The van der Waals surface area contributed by atoms with Gasteiger partial charge >= 0.3 is 0 Å². The first-order chi connectivity index (χ1) is 9.92. The molecule has 1 aromatic carbocycles. The molecular weight excluding hydrogens is 266 g/mol. The molecule has 20 heavy (non-hydrogen) atoms. The minimum atomic E-state index is 1.05. The molecule has 0 amide bonds. The average Bonchev–Trinajstić information content (AvgIpc) is 2.78. The van der Waals surface area contributed by atoms with Crippen LogP contribution in [0.1, 0.15) is 6.42 Å². The zero-order valence-electron chi connectivity index (χ0n) is 11.5. The fraction of sp³-hybridized carbons (Fsp3) is 0.312. The second-order valence-electron chi connectivity index (χ2n) is 4.88. The van der Waals surface area contributed by atoms with Crippen LogP contribution in [0.3, 0.4) is 0 Å². The molecule has 1 aromatic heterocycles. The van der Waals surface area contributed by atoms with Gasteiger partial charge in [-0.25, -0.2) is 0 Å². The Morgan fingerprint density at radius 3 is 2.80 bits per heavy atom. The van der Waals surface area contributed by atoms with E-state index in [2.05, 4.69) is 45.5 Å². The van der Waals surface area contributed by atoms with E-state index in [0.29, 0.717) is 0 Å². The maximum atomic E-state index is 4.40. The van der Waals surface area contributed by atoms with Crippen LogP contribution in [0.15, 0.2) is 58.6 Å². The number of hydrogen-bond acceptors (Lipinski definition) is 4. The summed E-state index contributed by atoms with van der Waals surface area (Å²) >= 11 is 1.77. The number of hydrogen-bond donors (Lipinski definition) is 1. The number of benzene rings is 1. The predicted octanol–water partition coefficient (Wildman–Crippen LogP) is 3.03. The highest BCUT2D eigenvalue weighted by Gasteiger charge is 2.10. The van der Waals surface area contributed by atoms with Crippen molar-refractivity contribution in [3.05, 3.63) is 48.8 Å². The van der Waals surface area contributed by atoms with E-state index >= 15 is 0 Å². The molecule has 2 aromatic rings. The molecule has 1 fully saturated rings. The van der Waals surface area contributed by atoms with Crippen molar-refractivity contribution in [1.29, 1.82) is 0 Å². The summed E-state index contributed by atoms with van der Waals surface area (Å²) in [6, 6.07) is 12.7. The average molecular weight is 285 g/mol. The summed E-state index contributed by atoms with van der Waals surface area (Å²) in [5, 5.41) is 3.43. The highest BCUT2D eigenvalue weighted by Crippen LogP contribution is 2.29. The maximum Gasteiger partial charge on any atom is 0.0564 e. The Labute approximate surface area is 124 Å². The fourth-order valence-corrected chi connectivity index (χ4v) is 3.22. The van der Waals surface area contributed by atoms with Gasteiger partial charge < -0.3 is 10.2 Å². The van der Waals surface area contributed by atoms with Gasteiger partial charge in [0.05, 0.1) is 11.9 Å². The van der Waals surface area contributed by atoms with E-state index in [4.69, 9.17) is 0 Å². The molecule has 3 rings (SSSR count). The smallest absolute Gasteiger partial charge is 0.0564 e. The number of nitrogens with zero attached hydrogens (tertiary/aromatic N) is 2. The number of pyridine rings is 1. The Hall–Kier alpha value is -1.52. The lowest BCUT2D eigenvalue weighted by molar-refractivity contribution is 0.724. The van der Waals surface area contributed by atoms with Gasteiger partial charge in [0, 0.05) is 35.6 Å². The van der Waals surface area contributed by atoms with Crippen LogP contribution >= 0.6 is 11.8 Å². The molecule has 0 atom stereocenters. The van der Waals surface area contributed by atoms with Crippen LogP contribution in [-0.4, -0.2) is 31.2 Å². The summed E-state index contributed by atoms with van der Waals surface area (Å²) in [5.74, 6) is 0. The third-order valence-corrected chi connectivity index (χ3v) is 4.35. The molecule has 0 bridgehead atoms. The predicted molar refractivity (Wildman–Crippen MR) is 84.5 cm³/mol. The second-order valence-corrected chi connectivity index (χ2v) is 6.03. The lowest BCUT2D eigenvalue weighted by Gasteiger charge is -2.22. The van der Waals surface area contributed by atoms with Gasteiger partial charge in [0.2, 0.25) is 0 Å². The maximum absolute atomic E-state index is 4.40. The summed E-state index contributed by atoms with van der Waals surface area (Å²) < 4.78 is 0. The van der Waals surface area contributed by atoms with Crippen molar-refractivity contribution >= 4 is 17.4 Å². The number of rotatable bonds is 3. The highest BCUT2D eigenvalue weighted by molar-refractivity contribution is 7.99. The van der Waals surface area contributed by atoms with Crippen molar-refractivity contribution in [1.82, 2.24) is 10.3 Å². The molecule has 1 aliphatic heterocycles. The fourth-order valence-electron chi connectivity index (χ4n) is 2.36. The van der Waals surface area contributed by atoms with Gasteiger partial charge in [-0.3, -0.25) is 4.98 Å². The molecule has 0 radical (unpaired) electrons. The van der Waals surface area contributed by atoms with Crippen LogP contribution in [0.4, 0.5) is 5.69 Å². The first-order valence-corrected chi connectivity index (χ1v) is 7.87. The van der Waals surface area contributed by atoms with Gasteiger partial charge in [0.15, 0.2) is 0 Å². The van der Waals surface area contributed by atoms with E-state index in [1.807, 2.05) is 18.5 Å². The molecule has 3 nitrogen and oxygen atoms in total. The summed E-state index contributed by atoms with van der Waals surface area (Å²) in [4.78, 5) is 9.28. The van der Waals surface area contributed by atoms with Crippen LogP contribution in [0, 0.1) is 0 Å². The molecule has 2 heterocycles. The van der Waals surface area contributed by atoms with Gasteiger partial charge in [-0.1, -0.05) is 30.0 Å². The molecule has 0 unspecified atom stereocenters. The molecule has 0 aliphatic carbocycles. The number of aromatic nitrogens is 1. The molecule has 1 aliphatic rings. The van der Waals surface area contributed by atoms with Crippen LogP contribution in [0.25, 0.3) is 0 Å². The standard InChI is InChI=1S/C16H19N3S/c1-2-5-15(6-3-1)20-16-11-14(12-18-13-16)19-9-4-7-17-8-10-19/h1-3,5-6,11-13,17H,4,7-10H2. The second kappa shape index (κ2) is 6.77. The first-order valence-electron chi connectivity index (χ1n) is 7.05. The lowest BCUT2D eigenvalue weighted by atomic mass is 10.3. The van der Waals surface area contributed by atoms with Crippen molar-refractivity contribution in [2.75, 3.05) is 31.1 Å². The van der Waals surface area contributed by atoms with Gasteiger partial charge in [-0.2, -0.15) is 0 Å². The van der Waals surface area contributed by atoms with E-state index < -0.39 is 0 Å². The third-order valence-electron chi connectivity index (χ3n) is 3.38. The summed E-state index contributed by atoms with van der Waals surface area (Å²) in [6.07, 6.45) is 5.10. The topological polar surface area (TPSA) is 28.2 Å². The van der Waals surface area contributed by atoms with Gasteiger partial charge in [-0.05, 0) is 31.2 Å². The largest absolute Gasteiger partial charge is 0.369 e. The van der Waals surface area contributed by atoms with E-state index in [1.165, 1.54) is 21.9 Å². The van der Waals surface area contributed by atoms with Crippen LogP contribution in [0.2, 0.25) is 0 Å². The van der Waals surface area contributed by atoms with Gasteiger partial charge in [0.25, 0.3) is 0 Å². The Bertz CT molecular complexity index is 536. The quantitative estimate of drug-likeness (QED) is 0.938. The first kappa shape index (κ1) is 13.5. The molecule has 1 saturated heterocycles. The molecular formula is C16H19N3S. The van der Waals surface area contributed by atoms with Crippen molar-refractivity contribution < 1.29 is 0 Å². The molecule has 4 heteroatoms. The summed E-state index contributed by atoms with van der Waals surface area (Å²) in [7, 11) is 0. The lowest BCUT2D eigenvalue weighted by Crippen LogP contribution is -2.27. The van der Waals surface area contributed by atoms with Crippen LogP contribution in [-0.2, 0) is 0 Å². The third kappa shape index (κ3) is 3.52. The van der Waals surface area contributed by atoms with Crippen LogP contribution in [0.5, 0.6) is 0 Å². The van der Waals surface area contributed by atoms with E-state index in [9.17, 15) is 0 Å². The minimum absolute atomic E-state index is 1.05. The minimum Gasteiger partial charge on any atom is -0.369 e. The van der Waals surface area contributed by atoms with E-state index in [1.54, 1.807) is 11.8 Å². The molecule has 104 valence electrons. The Kier molecular flexibility index (Phi) is 4.56. The highest BCUT2D eigenvalue weighted by atomic mass is 32.2. The summed E-state index contributed by atoms with van der Waals surface area (Å²) in [5.41, 5.74) is 1.23. The zero-order valence-corrected chi connectivity index (χ0v) is 12.3. The van der Waals surface area contributed by atoms with Crippen LogP contribution < -0.4 is 10.2 Å². The number of anilines is 1. The summed E-state index contributed by atoms with van der Waals surface area (Å²) in [6.45, 7) is 4.33.